The highest BCUT2D eigenvalue weighted by Crippen LogP contribution is 2.44. The third-order valence-corrected chi connectivity index (χ3v) is 10.2. The van der Waals surface area contributed by atoms with Gasteiger partial charge in [0.15, 0.2) is 11.2 Å². The van der Waals surface area contributed by atoms with Crippen LogP contribution in [0, 0.1) is 0 Å². The first kappa shape index (κ1) is 27.4. The molecular weight excluding hydrogens is 524 g/mol. The highest BCUT2D eigenvalue weighted by atomic mass is 16.5. The Morgan fingerprint density at radius 2 is 1.48 bits per heavy atom. The topological polar surface area (TPSA) is 60.8 Å². The van der Waals surface area contributed by atoms with E-state index in [2.05, 4.69) is 58.0 Å². The highest BCUT2D eigenvalue weighted by molar-refractivity contribution is 5.97. The van der Waals surface area contributed by atoms with Crippen LogP contribution in [0.25, 0.3) is 11.3 Å². The first-order valence-electron chi connectivity index (χ1n) is 15.5. The van der Waals surface area contributed by atoms with Crippen LogP contribution in [0.5, 0.6) is 0 Å². The molecule has 3 aromatic rings. The fourth-order valence-corrected chi connectivity index (χ4v) is 7.95. The molecule has 2 aromatic carbocycles. The summed E-state index contributed by atoms with van der Waals surface area (Å²) in [6.07, 6.45) is 8.71. The van der Waals surface area contributed by atoms with E-state index in [1.807, 2.05) is 6.07 Å². The standard InChI is InChI=1S/C18H21NO2.C18H19NO2/c2*1-21-13-6-7-16-15(10-13)18(20)11-17-14-5-3-2-4-12(14)8-9-19(16)17/h2-5,13,17H,6-11H2,1H3;2-5,11,13H,6-10H2,1H3. The smallest absolute Gasteiger partial charge is 0.185 e. The number of benzene rings is 2. The lowest BCUT2D eigenvalue weighted by Crippen LogP contribution is -2.42. The maximum Gasteiger partial charge on any atom is 0.185 e. The van der Waals surface area contributed by atoms with Crippen molar-refractivity contribution in [1.29, 1.82) is 0 Å². The van der Waals surface area contributed by atoms with Crippen LogP contribution in [0.3, 0.4) is 0 Å². The van der Waals surface area contributed by atoms with Crippen molar-refractivity contribution in [3.8, 4) is 11.3 Å². The molecule has 5 aliphatic rings. The number of Topliss-reactive ketones (excluding diaryl/α,β-unsaturated/α-hetero) is 1. The molecule has 3 unspecified atom stereocenters. The van der Waals surface area contributed by atoms with Crippen molar-refractivity contribution in [1.82, 2.24) is 9.47 Å². The number of carbonyl (C=O) groups excluding carboxylic acids is 1. The summed E-state index contributed by atoms with van der Waals surface area (Å²) in [6.45, 7) is 2.03. The van der Waals surface area contributed by atoms with Crippen molar-refractivity contribution in [3.05, 3.63) is 104 Å². The van der Waals surface area contributed by atoms with E-state index in [1.165, 1.54) is 33.6 Å². The third-order valence-electron chi connectivity index (χ3n) is 10.2. The number of rotatable bonds is 2. The maximum atomic E-state index is 12.6. The van der Waals surface area contributed by atoms with Gasteiger partial charge < -0.3 is 18.9 Å². The summed E-state index contributed by atoms with van der Waals surface area (Å²) >= 11 is 0. The monoisotopic (exact) mass is 564 g/mol. The van der Waals surface area contributed by atoms with E-state index >= 15 is 0 Å². The molecule has 218 valence electrons. The van der Waals surface area contributed by atoms with Crippen molar-refractivity contribution in [2.24, 2.45) is 0 Å². The number of allylic oxidation sites excluding steroid dienone is 1. The van der Waals surface area contributed by atoms with Gasteiger partial charge in [-0.05, 0) is 55.2 Å². The molecule has 3 aliphatic heterocycles. The fraction of sp³-hybridized carbons (Fsp3) is 0.444. The van der Waals surface area contributed by atoms with E-state index in [9.17, 15) is 9.59 Å². The minimum atomic E-state index is 0.176. The van der Waals surface area contributed by atoms with Crippen LogP contribution in [0.4, 0.5) is 0 Å². The Morgan fingerprint density at radius 1 is 0.762 bits per heavy atom. The number of nitrogens with zero attached hydrogens (tertiary/aromatic N) is 2. The number of ether oxygens (including phenoxy) is 2. The zero-order valence-corrected chi connectivity index (χ0v) is 24.7. The molecule has 0 saturated heterocycles. The van der Waals surface area contributed by atoms with Gasteiger partial charge in [-0.2, -0.15) is 0 Å². The average Bonchev–Trinajstić information content (AvgIpc) is 3.04. The van der Waals surface area contributed by atoms with E-state index in [4.69, 9.17) is 9.47 Å². The van der Waals surface area contributed by atoms with Crippen molar-refractivity contribution < 1.29 is 14.3 Å². The summed E-state index contributed by atoms with van der Waals surface area (Å²) < 4.78 is 13.3. The number of hydrogen-bond donors (Lipinski definition) is 0. The first-order chi connectivity index (χ1) is 20.6. The van der Waals surface area contributed by atoms with E-state index < -0.39 is 0 Å². The Labute approximate surface area is 248 Å². The summed E-state index contributed by atoms with van der Waals surface area (Å²) in [6, 6.07) is 19.1. The van der Waals surface area contributed by atoms with Crippen LogP contribution >= 0.6 is 0 Å². The van der Waals surface area contributed by atoms with Gasteiger partial charge in [0.2, 0.25) is 0 Å². The molecule has 3 atom stereocenters. The molecule has 0 amide bonds. The molecule has 0 radical (unpaired) electrons. The van der Waals surface area contributed by atoms with Crippen LogP contribution in [0.2, 0.25) is 0 Å². The van der Waals surface area contributed by atoms with E-state index in [0.29, 0.717) is 12.2 Å². The Balaban J connectivity index is 0.000000137. The summed E-state index contributed by atoms with van der Waals surface area (Å²) in [5, 5.41) is 0. The van der Waals surface area contributed by atoms with Crippen LogP contribution < -0.4 is 5.43 Å². The summed E-state index contributed by atoms with van der Waals surface area (Å²) in [7, 11) is 3.49. The number of hydrogen-bond acceptors (Lipinski definition) is 5. The largest absolute Gasteiger partial charge is 0.381 e. The minimum Gasteiger partial charge on any atom is -0.381 e. The van der Waals surface area contributed by atoms with Crippen molar-refractivity contribution in [2.45, 2.75) is 82.6 Å². The Hall–Kier alpha value is -3.48. The Kier molecular flexibility index (Phi) is 7.37. The van der Waals surface area contributed by atoms with E-state index in [-0.39, 0.29) is 23.7 Å². The summed E-state index contributed by atoms with van der Waals surface area (Å²) in [4.78, 5) is 27.7. The second kappa shape index (κ2) is 11.3. The van der Waals surface area contributed by atoms with Gasteiger partial charge in [0, 0.05) is 80.7 Å². The molecule has 8 rings (SSSR count). The molecule has 0 spiro atoms. The quantitative estimate of drug-likeness (QED) is 0.406. The molecule has 6 heteroatoms. The molecule has 0 fully saturated rings. The van der Waals surface area contributed by atoms with Crippen LogP contribution in [0.15, 0.2) is 70.7 Å². The van der Waals surface area contributed by atoms with Crippen LogP contribution in [0.1, 0.15) is 66.1 Å². The number of methoxy groups -OCH3 is 2. The minimum absolute atomic E-state index is 0.176. The van der Waals surface area contributed by atoms with Gasteiger partial charge in [0.1, 0.15) is 0 Å². The number of ketones is 1. The molecule has 0 bridgehead atoms. The molecule has 0 saturated carbocycles. The molecule has 2 aliphatic carbocycles. The van der Waals surface area contributed by atoms with Crippen LogP contribution in [-0.4, -0.2) is 48.2 Å². The SMILES string of the molecule is COC1CCC2=C(C1)C(=O)CC1c3ccccc3CCN21.COC1CCc2c(c(=O)cc3n2CCc2ccccc2-3)C1. The lowest BCUT2D eigenvalue weighted by molar-refractivity contribution is -0.118. The van der Waals surface area contributed by atoms with Gasteiger partial charge in [-0.25, -0.2) is 0 Å². The fourth-order valence-electron chi connectivity index (χ4n) is 7.95. The Morgan fingerprint density at radius 3 is 2.31 bits per heavy atom. The molecule has 42 heavy (non-hydrogen) atoms. The lowest BCUT2D eigenvalue weighted by Gasteiger charge is -2.46. The number of fused-ring (bicyclic) bond motifs is 9. The van der Waals surface area contributed by atoms with E-state index in [0.717, 1.165) is 81.3 Å². The van der Waals surface area contributed by atoms with Gasteiger partial charge >= 0.3 is 0 Å². The molecule has 6 nitrogen and oxygen atoms in total. The van der Waals surface area contributed by atoms with Gasteiger partial charge in [0.05, 0.1) is 23.9 Å². The van der Waals surface area contributed by atoms with Crippen molar-refractivity contribution in [3.63, 3.8) is 0 Å². The second-order valence-corrected chi connectivity index (χ2v) is 12.3. The van der Waals surface area contributed by atoms with Gasteiger partial charge in [-0.3, -0.25) is 9.59 Å². The molecule has 4 heterocycles. The predicted molar refractivity (Wildman–Crippen MR) is 164 cm³/mol. The number of aromatic nitrogens is 1. The zero-order chi connectivity index (χ0) is 28.8. The number of carbonyl (C=O) groups is 1. The van der Waals surface area contributed by atoms with Gasteiger partial charge in [-0.15, -0.1) is 0 Å². The molecule has 1 aromatic heterocycles. The van der Waals surface area contributed by atoms with Gasteiger partial charge in [0.25, 0.3) is 0 Å². The second-order valence-electron chi connectivity index (χ2n) is 12.3. The molecule has 0 N–H and O–H groups in total. The highest BCUT2D eigenvalue weighted by Gasteiger charge is 2.39. The summed E-state index contributed by atoms with van der Waals surface area (Å²) in [5.74, 6) is 0.338. The average molecular weight is 565 g/mol. The third kappa shape index (κ3) is 4.75. The number of aryl methyl sites for hydroxylation is 1. The normalized spacial score (nSPS) is 23.8. The van der Waals surface area contributed by atoms with Gasteiger partial charge in [-0.1, -0.05) is 48.5 Å². The van der Waals surface area contributed by atoms with Crippen molar-refractivity contribution >= 4 is 5.78 Å². The molecular formula is C36H40N2O4. The number of pyridine rings is 1. The van der Waals surface area contributed by atoms with Crippen LogP contribution in [-0.2, 0) is 46.5 Å². The lowest BCUT2D eigenvalue weighted by atomic mass is 9.79. The summed E-state index contributed by atoms with van der Waals surface area (Å²) in [5.41, 5.74) is 11.2. The predicted octanol–water partition coefficient (Wildman–Crippen LogP) is 5.59. The van der Waals surface area contributed by atoms with Crippen molar-refractivity contribution in [2.75, 3.05) is 20.8 Å². The van der Waals surface area contributed by atoms with E-state index in [1.54, 1.807) is 14.2 Å². The first-order valence-corrected chi connectivity index (χ1v) is 15.5. The maximum absolute atomic E-state index is 12.6. The zero-order valence-electron chi connectivity index (χ0n) is 24.7. The Bertz CT molecular complexity index is 1620.